The van der Waals surface area contributed by atoms with Gasteiger partial charge >= 0.3 is 0 Å². The third-order valence-electron chi connectivity index (χ3n) is 5.04. The van der Waals surface area contributed by atoms with Crippen molar-refractivity contribution in [3.8, 4) is 23.0 Å². The smallest absolute Gasteiger partial charge is 0.260 e. The number of rotatable bonds is 8. The zero-order chi connectivity index (χ0) is 21.5. The van der Waals surface area contributed by atoms with Crippen LogP contribution in [0.5, 0.6) is 23.0 Å². The lowest BCUT2D eigenvalue weighted by atomic mass is 10.2. The SMILES string of the molecule is COc1cc(OCC(=O)N2CCN(Cc3ccc(Cl)cc3)CC2)cc(OC)c1OC. The van der Waals surface area contributed by atoms with Crippen LogP contribution in [0, 0.1) is 0 Å². The van der Waals surface area contributed by atoms with Crippen molar-refractivity contribution < 1.29 is 23.7 Å². The first-order valence-electron chi connectivity index (χ1n) is 9.71. The topological polar surface area (TPSA) is 60.5 Å². The molecule has 30 heavy (non-hydrogen) atoms. The van der Waals surface area contributed by atoms with Gasteiger partial charge in [0.2, 0.25) is 5.75 Å². The quantitative estimate of drug-likeness (QED) is 0.636. The van der Waals surface area contributed by atoms with Crippen LogP contribution in [0.2, 0.25) is 5.02 Å². The van der Waals surface area contributed by atoms with E-state index in [1.165, 1.54) is 26.9 Å². The molecular weight excluding hydrogens is 408 g/mol. The molecule has 7 nitrogen and oxygen atoms in total. The third-order valence-corrected chi connectivity index (χ3v) is 5.30. The van der Waals surface area contributed by atoms with Gasteiger partial charge in [-0.25, -0.2) is 0 Å². The Kier molecular flexibility index (Phi) is 7.65. The molecule has 0 aliphatic carbocycles. The van der Waals surface area contributed by atoms with E-state index in [0.717, 1.165) is 24.7 Å². The average Bonchev–Trinajstić information content (AvgIpc) is 2.78. The van der Waals surface area contributed by atoms with Crippen LogP contribution < -0.4 is 18.9 Å². The molecule has 1 aliphatic heterocycles. The van der Waals surface area contributed by atoms with Gasteiger partial charge in [-0.05, 0) is 17.7 Å². The van der Waals surface area contributed by atoms with Crippen LogP contribution in [0.4, 0.5) is 0 Å². The average molecular weight is 435 g/mol. The van der Waals surface area contributed by atoms with Gasteiger partial charge in [-0.2, -0.15) is 0 Å². The highest BCUT2D eigenvalue weighted by Gasteiger charge is 2.22. The number of carbonyl (C=O) groups excluding carboxylic acids is 1. The number of methoxy groups -OCH3 is 3. The Hall–Kier alpha value is -2.64. The van der Waals surface area contributed by atoms with Crippen molar-refractivity contribution in [2.75, 3.05) is 54.1 Å². The summed E-state index contributed by atoms with van der Waals surface area (Å²) < 4.78 is 21.6. The number of ether oxygens (including phenoxy) is 4. The maximum absolute atomic E-state index is 12.6. The second kappa shape index (κ2) is 10.4. The molecule has 1 fully saturated rings. The molecule has 0 spiro atoms. The van der Waals surface area contributed by atoms with Crippen molar-refractivity contribution in [1.82, 2.24) is 9.80 Å². The van der Waals surface area contributed by atoms with E-state index in [4.69, 9.17) is 30.5 Å². The minimum Gasteiger partial charge on any atom is -0.493 e. The Labute approximate surface area is 182 Å². The van der Waals surface area contributed by atoms with Crippen LogP contribution >= 0.6 is 11.6 Å². The predicted molar refractivity (Wildman–Crippen MR) is 115 cm³/mol. The van der Waals surface area contributed by atoms with Crippen LogP contribution in [-0.4, -0.2) is 69.8 Å². The number of piperazine rings is 1. The van der Waals surface area contributed by atoms with Gasteiger partial charge in [0.25, 0.3) is 5.91 Å². The number of carbonyl (C=O) groups is 1. The van der Waals surface area contributed by atoms with Crippen molar-refractivity contribution in [2.45, 2.75) is 6.54 Å². The molecule has 162 valence electrons. The number of hydrogen-bond donors (Lipinski definition) is 0. The van der Waals surface area contributed by atoms with Gasteiger partial charge in [-0.3, -0.25) is 9.69 Å². The summed E-state index contributed by atoms with van der Waals surface area (Å²) in [7, 11) is 4.61. The lowest BCUT2D eigenvalue weighted by Crippen LogP contribution is -2.49. The molecular formula is C22H27ClN2O5. The highest BCUT2D eigenvalue weighted by Crippen LogP contribution is 2.40. The zero-order valence-corrected chi connectivity index (χ0v) is 18.3. The van der Waals surface area contributed by atoms with Crippen molar-refractivity contribution >= 4 is 17.5 Å². The maximum Gasteiger partial charge on any atom is 0.260 e. The fraction of sp³-hybridized carbons (Fsp3) is 0.409. The van der Waals surface area contributed by atoms with E-state index in [2.05, 4.69) is 4.90 Å². The molecule has 0 radical (unpaired) electrons. The van der Waals surface area contributed by atoms with Crippen molar-refractivity contribution in [1.29, 1.82) is 0 Å². The first kappa shape index (κ1) is 22.1. The minimum absolute atomic E-state index is 0.0458. The number of amides is 1. The normalized spacial score (nSPS) is 14.3. The van der Waals surface area contributed by atoms with Gasteiger partial charge in [0.05, 0.1) is 21.3 Å². The van der Waals surface area contributed by atoms with E-state index >= 15 is 0 Å². The standard InChI is InChI=1S/C22H27ClN2O5/c1-27-19-12-18(13-20(28-2)22(19)29-3)30-15-21(26)25-10-8-24(9-11-25)14-16-4-6-17(23)7-5-16/h4-7,12-13H,8-11,14-15H2,1-3H3. The van der Waals surface area contributed by atoms with Gasteiger partial charge < -0.3 is 23.8 Å². The molecule has 0 bridgehead atoms. The van der Waals surface area contributed by atoms with E-state index in [9.17, 15) is 4.79 Å². The molecule has 2 aromatic rings. The summed E-state index contributed by atoms with van der Waals surface area (Å²) in [6.07, 6.45) is 0. The number of nitrogens with zero attached hydrogens (tertiary/aromatic N) is 2. The van der Waals surface area contributed by atoms with Crippen molar-refractivity contribution in [2.24, 2.45) is 0 Å². The van der Waals surface area contributed by atoms with E-state index in [-0.39, 0.29) is 12.5 Å². The molecule has 1 saturated heterocycles. The molecule has 8 heteroatoms. The molecule has 1 heterocycles. The fourth-order valence-corrected chi connectivity index (χ4v) is 3.51. The first-order valence-corrected chi connectivity index (χ1v) is 10.1. The molecule has 0 unspecified atom stereocenters. The highest BCUT2D eigenvalue weighted by molar-refractivity contribution is 6.30. The van der Waals surface area contributed by atoms with Gasteiger partial charge in [-0.1, -0.05) is 23.7 Å². The number of halogens is 1. The molecule has 0 aromatic heterocycles. The Morgan fingerprint density at radius 1 is 0.933 bits per heavy atom. The molecule has 3 rings (SSSR count). The summed E-state index contributed by atoms with van der Waals surface area (Å²) in [5.74, 6) is 1.88. The summed E-state index contributed by atoms with van der Waals surface area (Å²) in [5, 5.41) is 0.737. The zero-order valence-electron chi connectivity index (χ0n) is 17.5. The predicted octanol–water partition coefficient (Wildman–Crippen LogP) is 3.09. The van der Waals surface area contributed by atoms with E-state index in [1.54, 1.807) is 12.1 Å². The summed E-state index contributed by atoms with van der Waals surface area (Å²) in [4.78, 5) is 16.7. The Morgan fingerprint density at radius 3 is 2.07 bits per heavy atom. The number of benzene rings is 2. The Bertz CT molecular complexity index is 826. The molecule has 0 N–H and O–H groups in total. The van der Waals surface area contributed by atoms with Crippen LogP contribution in [0.3, 0.4) is 0 Å². The van der Waals surface area contributed by atoms with Crippen LogP contribution in [0.1, 0.15) is 5.56 Å². The second-order valence-corrected chi connectivity index (χ2v) is 7.37. The Morgan fingerprint density at radius 2 is 1.53 bits per heavy atom. The van der Waals surface area contributed by atoms with Gasteiger partial charge in [0.1, 0.15) is 5.75 Å². The third kappa shape index (κ3) is 5.49. The summed E-state index contributed by atoms with van der Waals surface area (Å²) in [6.45, 7) is 3.78. The summed E-state index contributed by atoms with van der Waals surface area (Å²) in [6, 6.07) is 11.2. The maximum atomic E-state index is 12.6. The summed E-state index contributed by atoms with van der Waals surface area (Å²) >= 11 is 5.94. The van der Waals surface area contributed by atoms with Gasteiger partial charge in [-0.15, -0.1) is 0 Å². The van der Waals surface area contributed by atoms with Crippen molar-refractivity contribution in [3.63, 3.8) is 0 Å². The fourth-order valence-electron chi connectivity index (χ4n) is 3.38. The summed E-state index contributed by atoms with van der Waals surface area (Å²) in [5.41, 5.74) is 1.21. The first-order chi connectivity index (χ1) is 14.5. The minimum atomic E-state index is -0.0464. The highest BCUT2D eigenvalue weighted by atomic mass is 35.5. The van der Waals surface area contributed by atoms with Gasteiger partial charge in [0.15, 0.2) is 18.1 Å². The van der Waals surface area contributed by atoms with Crippen LogP contribution in [0.15, 0.2) is 36.4 Å². The molecule has 1 amide bonds. The number of hydrogen-bond acceptors (Lipinski definition) is 6. The molecule has 2 aromatic carbocycles. The molecule has 0 saturated carbocycles. The largest absolute Gasteiger partial charge is 0.493 e. The van der Waals surface area contributed by atoms with E-state index in [0.29, 0.717) is 36.1 Å². The van der Waals surface area contributed by atoms with Crippen LogP contribution in [-0.2, 0) is 11.3 Å². The lowest BCUT2D eigenvalue weighted by Gasteiger charge is -2.34. The molecule has 1 aliphatic rings. The van der Waals surface area contributed by atoms with Crippen molar-refractivity contribution in [3.05, 3.63) is 47.0 Å². The Balaban J connectivity index is 1.51. The lowest BCUT2D eigenvalue weighted by molar-refractivity contribution is -0.135. The monoisotopic (exact) mass is 434 g/mol. The van der Waals surface area contributed by atoms with Gasteiger partial charge in [0, 0.05) is 49.9 Å². The molecule has 0 atom stereocenters. The second-order valence-electron chi connectivity index (χ2n) is 6.93. The van der Waals surface area contributed by atoms with E-state index in [1.807, 2.05) is 29.2 Å². The van der Waals surface area contributed by atoms with Crippen LogP contribution in [0.25, 0.3) is 0 Å². The van der Waals surface area contributed by atoms with E-state index < -0.39 is 0 Å².